The van der Waals surface area contributed by atoms with Crippen LogP contribution >= 0.6 is 0 Å². The molecule has 0 saturated heterocycles. The number of methoxy groups -OCH3 is 1. The number of ether oxygens (including phenoxy) is 1. The first-order valence-corrected chi connectivity index (χ1v) is 5.23. The van der Waals surface area contributed by atoms with E-state index in [1.54, 1.807) is 30.3 Å². The maximum absolute atomic E-state index is 11.9. The Morgan fingerprint density at radius 2 is 2.22 bits per heavy atom. The zero-order valence-electron chi connectivity index (χ0n) is 9.75. The molecule has 2 rings (SSSR count). The second-order valence-corrected chi connectivity index (χ2v) is 3.52. The van der Waals surface area contributed by atoms with E-state index in [1.165, 1.54) is 13.3 Å². The van der Waals surface area contributed by atoms with Crippen molar-refractivity contribution in [2.75, 3.05) is 18.2 Å². The van der Waals surface area contributed by atoms with Crippen LogP contribution in [0.2, 0.25) is 0 Å². The van der Waals surface area contributed by atoms with Crippen molar-refractivity contribution in [3.05, 3.63) is 42.1 Å². The number of benzene rings is 1. The Morgan fingerprint density at radius 3 is 2.83 bits per heavy atom. The van der Waals surface area contributed by atoms with Crippen LogP contribution in [0.4, 0.5) is 11.5 Å². The third-order valence-corrected chi connectivity index (χ3v) is 2.31. The van der Waals surface area contributed by atoms with Crippen LogP contribution in [0.5, 0.6) is 5.75 Å². The lowest BCUT2D eigenvalue weighted by atomic mass is 10.2. The Labute approximate surface area is 104 Å². The quantitative estimate of drug-likeness (QED) is 0.795. The zero-order valence-corrected chi connectivity index (χ0v) is 9.75. The monoisotopic (exact) mass is 244 g/mol. The number of nitrogens with zero attached hydrogens (tertiary/aromatic N) is 2. The van der Waals surface area contributed by atoms with E-state index in [0.29, 0.717) is 22.8 Å². The van der Waals surface area contributed by atoms with Crippen LogP contribution in [-0.4, -0.2) is 23.2 Å². The molecule has 1 aromatic heterocycles. The van der Waals surface area contributed by atoms with E-state index in [-0.39, 0.29) is 5.91 Å². The number of nitrogens with two attached hydrogens (primary N) is 1. The number of nitrogen functional groups attached to an aromatic ring is 1. The number of carbonyl (C=O) groups is 1. The molecular formula is C12H12N4O2. The number of anilines is 2. The topological polar surface area (TPSA) is 90.1 Å². The number of aromatic nitrogens is 2. The van der Waals surface area contributed by atoms with Gasteiger partial charge >= 0.3 is 0 Å². The van der Waals surface area contributed by atoms with Gasteiger partial charge in [0.05, 0.1) is 12.8 Å². The standard InChI is InChI=1S/C12H12N4O2/c1-18-10-5-4-8(7-9(10)13)12(17)15-11-3-2-6-14-16-11/h2-7H,13H2,1H3,(H,15,16,17). The van der Waals surface area contributed by atoms with Crippen molar-refractivity contribution in [2.45, 2.75) is 0 Å². The molecular weight excluding hydrogens is 232 g/mol. The second kappa shape index (κ2) is 5.13. The summed E-state index contributed by atoms with van der Waals surface area (Å²) in [5.41, 5.74) is 6.57. The minimum atomic E-state index is -0.301. The van der Waals surface area contributed by atoms with Gasteiger partial charge in [-0.05, 0) is 30.3 Å². The van der Waals surface area contributed by atoms with Crippen molar-refractivity contribution in [1.29, 1.82) is 0 Å². The Morgan fingerprint density at radius 1 is 1.39 bits per heavy atom. The highest BCUT2D eigenvalue weighted by Gasteiger charge is 2.09. The molecule has 0 aliphatic rings. The van der Waals surface area contributed by atoms with Crippen LogP contribution < -0.4 is 15.8 Å². The molecule has 0 fully saturated rings. The molecule has 3 N–H and O–H groups in total. The summed E-state index contributed by atoms with van der Waals surface area (Å²) in [6, 6.07) is 8.15. The summed E-state index contributed by atoms with van der Waals surface area (Å²) >= 11 is 0. The Hall–Kier alpha value is -2.63. The molecule has 6 heteroatoms. The lowest BCUT2D eigenvalue weighted by Crippen LogP contribution is -2.13. The van der Waals surface area contributed by atoms with Gasteiger partial charge in [0.15, 0.2) is 5.82 Å². The fourth-order valence-corrected chi connectivity index (χ4v) is 1.43. The van der Waals surface area contributed by atoms with Crippen LogP contribution in [0.25, 0.3) is 0 Å². The molecule has 0 radical (unpaired) electrons. The molecule has 0 spiro atoms. The number of rotatable bonds is 3. The molecule has 0 unspecified atom stereocenters. The fraction of sp³-hybridized carbons (Fsp3) is 0.0833. The van der Waals surface area contributed by atoms with Crippen molar-refractivity contribution >= 4 is 17.4 Å². The smallest absolute Gasteiger partial charge is 0.256 e. The number of hydrogen-bond donors (Lipinski definition) is 2. The molecule has 0 aliphatic carbocycles. The molecule has 0 atom stereocenters. The van der Waals surface area contributed by atoms with Gasteiger partial charge in [-0.3, -0.25) is 4.79 Å². The summed E-state index contributed by atoms with van der Waals surface area (Å²) in [4.78, 5) is 11.9. The van der Waals surface area contributed by atoms with Gasteiger partial charge in [-0.25, -0.2) is 0 Å². The highest BCUT2D eigenvalue weighted by Crippen LogP contribution is 2.22. The van der Waals surface area contributed by atoms with Gasteiger partial charge in [-0.15, -0.1) is 5.10 Å². The van der Waals surface area contributed by atoms with Crippen LogP contribution in [0.1, 0.15) is 10.4 Å². The van der Waals surface area contributed by atoms with Crippen molar-refractivity contribution in [3.8, 4) is 5.75 Å². The second-order valence-electron chi connectivity index (χ2n) is 3.52. The van der Waals surface area contributed by atoms with Crippen molar-refractivity contribution in [2.24, 2.45) is 0 Å². The number of carbonyl (C=O) groups excluding carboxylic acids is 1. The minimum absolute atomic E-state index is 0.301. The Balaban J connectivity index is 2.17. The molecule has 92 valence electrons. The van der Waals surface area contributed by atoms with Gasteiger partial charge in [0.25, 0.3) is 5.91 Å². The van der Waals surface area contributed by atoms with E-state index in [0.717, 1.165) is 0 Å². The van der Waals surface area contributed by atoms with Gasteiger partial charge in [0, 0.05) is 11.8 Å². The van der Waals surface area contributed by atoms with E-state index in [4.69, 9.17) is 10.5 Å². The fourth-order valence-electron chi connectivity index (χ4n) is 1.43. The lowest BCUT2D eigenvalue weighted by Gasteiger charge is -2.07. The molecule has 0 aliphatic heterocycles. The average molecular weight is 244 g/mol. The summed E-state index contributed by atoms with van der Waals surface area (Å²) in [6.45, 7) is 0. The first kappa shape index (κ1) is 11.8. The van der Waals surface area contributed by atoms with Crippen molar-refractivity contribution < 1.29 is 9.53 Å². The van der Waals surface area contributed by atoms with E-state index in [1.807, 2.05) is 0 Å². The third-order valence-electron chi connectivity index (χ3n) is 2.31. The lowest BCUT2D eigenvalue weighted by molar-refractivity contribution is 0.102. The van der Waals surface area contributed by atoms with Gasteiger partial charge in [0.1, 0.15) is 5.75 Å². The summed E-state index contributed by atoms with van der Waals surface area (Å²) in [7, 11) is 1.52. The molecule has 18 heavy (non-hydrogen) atoms. The van der Waals surface area contributed by atoms with Crippen LogP contribution in [0.15, 0.2) is 36.5 Å². The zero-order chi connectivity index (χ0) is 13.0. The minimum Gasteiger partial charge on any atom is -0.495 e. The first-order chi connectivity index (χ1) is 8.70. The first-order valence-electron chi connectivity index (χ1n) is 5.23. The highest BCUT2D eigenvalue weighted by molar-refractivity contribution is 6.04. The van der Waals surface area contributed by atoms with Gasteiger partial charge in [-0.1, -0.05) is 0 Å². The third kappa shape index (κ3) is 2.54. The normalized spacial score (nSPS) is 9.83. The Bertz CT molecular complexity index is 557. The summed E-state index contributed by atoms with van der Waals surface area (Å²) in [5, 5.41) is 10.0. The predicted octanol–water partition coefficient (Wildman–Crippen LogP) is 1.32. The van der Waals surface area contributed by atoms with Gasteiger partial charge < -0.3 is 15.8 Å². The maximum atomic E-state index is 11.9. The molecule has 2 aromatic rings. The molecule has 1 aromatic carbocycles. The van der Waals surface area contributed by atoms with Crippen LogP contribution in [0, 0.1) is 0 Å². The summed E-state index contributed by atoms with van der Waals surface area (Å²) in [5.74, 6) is 0.618. The van der Waals surface area contributed by atoms with E-state index < -0.39 is 0 Å². The van der Waals surface area contributed by atoms with Crippen LogP contribution in [0.3, 0.4) is 0 Å². The molecule has 0 saturated carbocycles. The molecule has 0 bridgehead atoms. The van der Waals surface area contributed by atoms with Gasteiger partial charge in [-0.2, -0.15) is 5.10 Å². The van der Waals surface area contributed by atoms with E-state index in [9.17, 15) is 4.79 Å². The number of nitrogens with one attached hydrogen (secondary N) is 1. The SMILES string of the molecule is COc1ccc(C(=O)Nc2cccnn2)cc1N. The van der Waals surface area contributed by atoms with E-state index >= 15 is 0 Å². The highest BCUT2D eigenvalue weighted by atomic mass is 16.5. The van der Waals surface area contributed by atoms with Crippen molar-refractivity contribution in [3.63, 3.8) is 0 Å². The Kier molecular flexibility index (Phi) is 3.38. The number of amides is 1. The maximum Gasteiger partial charge on any atom is 0.256 e. The number of hydrogen-bond acceptors (Lipinski definition) is 5. The van der Waals surface area contributed by atoms with E-state index in [2.05, 4.69) is 15.5 Å². The van der Waals surface area contributed by atoms with Crippen molar-refractivity contribution in [1.82, 2.24) is 10.2 Å². The molecule has 1 amide bonds. The van der Waals surface area contributed by atoms with Gasteiger partial charge in [0.2, 0.25) is 0 Å². The average Bonchev–Trinajstić information content (AvgIpc) is 2.39. The largest absolute Gasteiger partial charge is 0.495 e. The molecule has 1 heterocycles. The van der Waals surface area contributed by atoms with Crippen LogP contribution in [-0.2, 0) is 0 Å². The predicted molar refractivity (Wildman–Crippen MR) is 67.4 cm³/mol. The summed E-state index contributed by atoms with van der Waals surface area (Å²) < 4.78 is 5.02. The summed E-state index contributed by atoms with van der Waals surface area (Å²) in [6.07, 6.45) is 1.53. The molecule has 6 nitrogen and oxygen atoms in total.